The van der Waals surface area contributed by atoms with Gasteiger partial charge in [0.15, 0.2) is 9.84 Å². The number of hydrogen-bond acceptors (Lipinski definition) is 2. The first-order chi connectivity index (χ1) is 8.89. The van der Waals surface area contributed by atoms with Crippen LogP contribution in [0.3, 0.4) is 0 Å². The summed E-state index contributed by atoms with van der Waals surface area (Å²) in [5.41, 5.74) is 3.00. The van der Waals surface area contributed by atoms with Gasteiger partial charge in [-0.25, -0.2) is 8.42 Å². The van der Waals surface area contributed by atoms with E-state index < -0.39 is 9.84 Å². The van der Waals surface area contributed by atoms with E-state index in [1.165, 1.54) is 11.0 Å². The quantitative estimate of drug-likeness (QED) is 0.729. The Balaban J connectivity index is 2.65. The van der Waals surface area contributed by atoms with Crippen LogP contribution in [0.2, 0.25) is 0 Å². The van der Waals surface area contributed by atoms with Gasteiger partial charge in [-0.1, -0.05) is 47.6 Å². The molecule has 19 heavy (non-hydrogen) atoms. The molecule has 1 aromatic rings. The fourth-order valence-electron chi connectivity index (χ4n) is 1.80. The van der Waals surface area contributed by atoms with E-state index >= 15 is 0 Å². The Morgan fingerprint density at radius 3 is 2.32 bits per heavy atom. The molecule has 3 heteroatoms. The molecular weight excluding hydrogens is 256 g/mol. The molecule has 0 saturated heterocycles. The summed E-state index contributed by atoms with van der Waals surface area (Å²) in [6.45, 7) is 5.97. The Hall–Kier alpha value is -1.35. The van der Waals surface area contributed by atoms with Crippen molar-refractivity contribution in [1.29, 1.82) is 0 Å². The molecule has 104 valence electrons. The van der Waals surface area contributed by atoms with Gasteiger partial charge < -0.3 is 0 Å². The van der Waals surface area contributed by atoms with Crippen molar-refractivity contribution in [3.8, 4) is 0 Å². The van der Waals surface area contributed by atoms with Crippen LogP contribution < -0.4 is 0 Å². The van der Waals surface area contributed by atoms with Crippen molar-refractivity contribution in [2.75, 3.05) is 0 Å². The van der Waals surface area contributed by atoms with Gasteiger partial charge in [-0.15, -0.1) is 0 Å². The lowest BCUT2D eigenvalue weighted by molar-refractivity contribution is 0.603. The molecule has 0 amide bonds. The molecule has 0 unspecified atom stereocenters. The second-order valence-corrected chi connectivity index (χ2v) is 6.93. The standard InChI is InChI=1S/C16H22O2S/c1-14(2)8-7-9-15(3)12-19(17,18)13-16-10-5-4-6-11-16/h4-6,8,10-12H,7,9,13H2,1-3H3/b15-12+. The molecule has 0 aliphatic rings. The first kappa shape index (κ1) is 15.7. The summed E-state index contributed by atoms with van der Waals surface area (Å²) in [4.78, 5) is 0. The first-order valence-corrected chi connectivity index (χ1v) is 8.18. The Kier molecular flexibility index (Phi) is 6.03. The zero-order valence-corrected chi connectivity index (χ0v) is 12.7. The molecule has 0 atom stereocenters. The number of hydrogen-bond donors (Lipinski definition) is 0. The van der Waals surface area contributed by atoms with Crippen LogP contribution in [0.25, 0.3) is 0 Å². The third-order valence-corrected chi connectivity index (χ3v) is 4.18. The van der Waals surface area contributed by atoms with Gasteiger partial charge >= 0.3 is 0 Å². The summed E-state index contributed by atoms with van der Waals surface area (Å²) in [5, 5.41) is 1.42. The van der Waals surface area contributed by atoms with E-state index in [1.807, 2.05) is 51.1 Å². The maximum absolute atomic E-state index is 12.0. The van der Waals surface area contributed by atoms with E-state index in [1.54, 1.807) is 0 Å². The van der Waals surface area contributed by atoms with E-state index in [9.17, 15) is 8.42 Å². The van der Waals surface area contributed by atoms with Gasteiger partial charge in [-0.3, -0.25) is 0 Å². The van der Waals surface area contributed by atoms with E-state index in [0.717, 1.165) is 24.0 Å². The summed E-state index contributed by atoms with van der Waals surface area (Å²) in [7, 11) is -3.17. The van der Waals surface area contributed by atoms with Crippen molar-refractivity contribution in [1.82, 2.24) is 0 Å². The van der Waals surface area contributed by atoms with Crippen LogP contribution >= 0.6 is 0 Å². The average molecular weight is 278 g/mol. The molecule has 1 aromatic carbocycles. The van der Waals surface area contributed by atoms with Crippen LogP contribution in [0.5, 0.6) is 0 Å². The van der Waals surface area contributed by atoms with Crippen molar-refractivity contribution in [2.45, 2.75) is 39.4 Å². The topological polar surface area (TPSA) is 34.1 Å². The Morgan fingerprint density at radius 2 is 1.74 bits per heavy atom. The summed E-state index contributed by atoms with van der Waals surface area (Å²) < 4.78 is 24.0. The predicted octanol–water partition coefficient (Wildman–Crippen LogP) is 4.25. The van der Waals surface area contributed by atoms with Crippen molar-refractivity contribution < 1.29 is 8.42 Å². The normalized spacial score (nSPS) is 12.3. The molecule has 0 N–H and O–H groups in total. The second-order valence-electron chi connectivity index (χ2n) is 5.08. The highest BCUT2D eigenvalue weighted by atomic mass is 32.2. The first-order valence-electron chi connectivity index (χ1n) is 6.46. The molecule has 2 nitrogen and oxygen atoms in total. The van der Waals surface area contributed by atoms with E-state index in [4.69, 9.17) is 0 Å². The molecule has 0 saturated carbocycles. The van der Waals surface area contributed by atoms with Crippen molar-refractivity contribution >= 4 is 9.84 Å². The van der Waals surface area contributed by atoms with Gasteiger partial charge in [0.25, 0.3) is 0 Å². The fraction of sp³-hybridized carbons (Fsp3) is 0.375. The van der Waals surface area contributed by atoms with Gasteiger partial charge in [0.05, 0.1) is 5.75 Å². The Labute approximate surface area is 116 Å². The smallest absolute Gasteiger partial charge is 0.175 e. The van der Waals surface area contributed by atoms with Crippen molar-refractivity contribution in [2.24, 2.45) is 0 Å². The summed E-state index contributed by atoms with van der Waals surface area (Å²) in [5.74, 6) is 0.0772. The molecule has 0 spiro atoms. The number of allylic oxidation sites excluding steroid dienone is 3. The summed E-state index contributed by atoms with van der Waals surface area (Å²) >= 11 is 0. The number of sulfone groups is 1. The minimum atomic E-state index is -3.17. The van der Waals surface area contributed by atoms with Gasteiger partial charge in [-0.05, 0) is 39.2 Å². The van der Waals surface area contributed by atoms with E-state index in [2.05, 4.69) is 6.08 Å². The molecule has 0 aliphatic carbocycles. The molecule has 0 bridgehead atoms. The Bertz CT molecular complexity index is 548. The molecule has 0 heterocycles. The minimum Gasteiger partial charge on any atom is -0.224 e. The van der Waals surface area contributed by atoms with Crippen LogP contribution in [0.15, 0.2) is 53.0 Å². The van der Waals surface area contributed by atoms with E-state index in [0.29, 0.717) is 0 Å². The number of benzene rings is 1. The molecular formula is C16H22O2S. The van der Waals surface area contributed by atoms with Crippen molar-refractivity contribution in [3.63, 3.8) is 0 Å². The molecule has 1 rings (SSSR count). The van der Waals surface area contributed by atoms with Crippen LogP contribution in [0.1, 0.15) is 39.2 Å². The summed E-state index contributed by atoms with van der Waals surface area (Å²) in [6, 6.07) is 9.27. The van der Waals surface area contributed by atoms with E-state index in [-0.39, 0.29) is 5.75 Å². The van der Waals surface area contributed by atoms with Crippen molar-refractivity contribution in [3.05, 3.63) is 58.5 Å². The van der Waals surface area contributed by atoms with Crippen LogP contribution in [-0.4, -0.2) is 8.42 Å². The monoisotopic (exact) mass is 278 g/mol. The fourth-order valence-corrected chi connectivity index (χ4v) is 3.27. The molecule has 0 aromatic heterocycles. The summed E-state index contributed by atoms with van der Waals surface area (Å²) in [6.07, 6.45) is 3.81. The average Bonchev–Trinajstić information content (AvgIpc) is 2.28. The van der Waals surface area contributed by atoms with Gasteiger partial charge in [0, 0.05) is 5.41 Å². The van der Waals surface area contributed by atoms with Crippen LogP contribution in [0, 0.1) is 0 Å². The lowest BCUT2D eigenvalue weighted by atomic mass is 10.1. The van der Waals surface area contributed by atoms with Crippen LogP contribution in [0.4, 0.5) is 0 Å². The minimum absolute atomic E-state index is 0.0772. The highest BCUT2D eigenvalue weighted by Gasteiger charge is 2.08. The second kappa shape index (κ2) is 7.29. The molecule has 0 fully saturated rings. The zero-order chi connectivity index (χ0) is 14.3. The van der Waals surface area contributed by atoms with Gasteiger partial charge in [-0.2, -0.15) is 0 Å². The largest absolute Gasteiger partial charge is 0.224 e. The Morgan fingerprint density at radius 1 is 1.11 bits per heavy atom. The maximum Gasteiger partial charge on any atom is 0.175 e. The third kappa shape index (κ3) is 6.97. The lowest BCUT2D eigenvalue weighted by Crippen LogP contribution is -2.01. The molecule has 0 aliphatic heterocycles. The zero-order valence-electron chi connectivity index (χ0n) is 11.9. The van der Waals surface area contributed by atoms with Gasteiger partial charge in [0.2, 0.25) is 0 Å². The SMILES string of the molecule is CC(C)=CCC/C(C)=C/S(=O)(=O)Cc1ccccc1. The maximum atomic E-state index is 12.0. The van der Waals surface area contributed by atoms with Gasteiger partial charge in [0.1, 0.15) is 0 Å². The lowest BCUT2D eigenvalue weighted by Gasteiger charge is -2.02. The van der Waals surface area contributed by atoms with Crippen LogP contribution in [-0.2, 0) is 15.6 Å². The highest BCUT2D eigenvalue weighted by Crippen LogP contribution is 2.13. The highest BCUT2D eigenvalue weighted by molar-refractivity contribution is 7.93. The number of rotatable bonds is 6. The third-order valence-electron chi connectivity index (χ3n) is 2.68. The predicted molar refractivity (Wildman–Crippen MR) is 81.5 cm³/mol. The molecule has 0 radical (unpaired) electrons.